The van der Waals surface area contributed by atoms with Gasteiger partial charge in [0.15, 0.2) is 0 Å². The van der Waals surface area contributed by atoms with Gasteiger partial charge in [0.1, 0.15) is 11.6 Å². The highest BCUT2D eigenvalue weighted by Gasteiger charge is 2.23. The molecule has 0 fully saturated rings. The maximum Gasteiger partial charge on any atom is 0.331 e. The summed E-state index contributed by atoms with van der Waals surface area (Å²) in [5.74, 6) is 0. The number of hydrogen-bond donors (Lipinski definition) is 0. The number of benzene rings is 1. The van der Waals surface area contributed by atoms with Gasteiger partial charge in [-0.1, -0.05) is 12.1 Å². The van der Waals surface area contributed by atoms with E-state index in [1.165, 1.54) is 30.8 Å². The minimum atomic E-state index is -3.55. The molecule has 2 aromatic rings. The van der Waals surface area contributed by atoms with E-state index in [9.17, 15) is 23.3 Å². The molecule has 0 saturated heterocycles. The van der Waals surface area contributed by atoms with Gasteiger partial charge >= 0.3 is 5.69 Å². The van der Waals surface area contributed by atoms with Crippen molar-refractivity contribution in [3.8, 4) is 6.07 Å². The third-order valence-electron chi connectivity index (χ3n) is 4.48. The van der Waals surface area contributed by atoms with Crippen LogP contribution in [0, 0.1) is 11.3 Å². The first-order valence-electron chi connectivity index (χ1n) is 8.05. The standard InChI is InChI=1S/C17H18N4O4S/c1-19(2)26(24,25)13-7-5-12(6-8-13)11-21-16(22)14(10-18)15-4-3-9-20(15)17(21)23/h5-8H,3-4,9,11H2,1-2H3. The summed E-state index contributed by atoms with van der Waals surface area (Å²) in [5, 5.41) is 9.29. The van der Waals surface area contributed by atoms with Crippen LogP contribution >= 0.6 is 0 Å². The fraction of sp³-hybridized carbons (Fsp3) is 0.353. The molecule has 0 atom stereocenters. The van der Waals surface area contributed by atoms with Crippen molar-refractivity contribution < 1.29 is 8.42 Å². The number of sulfonamides is 1. The summed E-state index contributed by atoms with van der Waals surface area (Å²) in [6.07, 6.45) is 1.27. The maximum atomic E-state index is 12.6. The molecule has 3 rings (SSSR count). The van der Waals surface area contributed by atoms with Crippen LogP contribution in [0.2, 0.25) is 0 Å². The topological polar surface area (TPSA) is 105 Å². The lowest BCUT2D eigenvalue weighted by Crippen LogP contribution is -2.41. The molecule has 136 valence electrons. The third-order valence-corrected chi connectivity index (χ3v) is 6.31. The van der Waals surface area contributed by atoms with E-state index in [0.29, 0.717) is 24.2 Å². The van der Waals surface area contributed by atoms with E-state index in [4.69, 9.17) is 0 Å². The first kappa shape index (κ1) is 18.1. The first-order chi connectivity index (χ1) is 12.3. The molecule has 0 unspecified atom stereocenters. The number of nitriles is 1. The van der Waals surface area contributed by atoms with Gasteiger partial charge in [-0.05, 0) is 30.5 Å². The predicted octanol–water partition coefficient (Wildman–Crippen LogP) is 0.126. The Morgan fingerprint density at radius 3 is 2.42 bits per heavy atom. The summed E-state index contributed by atoms with van der Waals surface area (Å²) >= 11 is 0. The number of aromatic nitrogens is 2. The van der Waals surface area contributed by atoms with Crippen LogP contribution in [0.15, 0.2) is 38.8 Å². The van der Waals surface area contributed by atoms with Crippen molar-refractivity contribution in [1.82, 2.24) is 13.4 Å². The lowest BCUT2D eigenvalue weighted by atomic mass is 10.2. The smallest absolute Gasteiger partial charge is 0.296 e. The molecule has 0 amide bonds. The minimum absolute atomic E-state index is 0.00825. The van der Waals surface area contributed by atoms with Gasteiger partial charge < -0.3 is 0 Å². The summed E-state index contributed by atoms with van der Waals surface area (Å²) in [6, 6.07) is 7.91. The Labute approximate surface area is 150 Å². The summed E-state index contributed by atoms with van der Waals surface area (Å²) < 4.78 is 27.8. The van der Waals surface area contributed by atoms with Crippen molar-refractivity contribution in [3.05, 3.63) is 61.9 Å². The fourth-order valence-electron chi connectivity index (χ4n) is 3.05. The molecule has 9 heteroatoms. The molecule has 0 N–H and O–H groups in total. The van der Waals surface area contributed by atoms with E-state index in [-0.39, 0.29) is 17.0 Å². The van der Waals surface area contributed by atoms with Gasteiger partial charge in [-0.2, -0.15) is 5.26 Å². The van der Waals surface area contributed by atoms with Crippen LogP contribution in [0.3, 0.4) is 0 Å². The average Bonchev–Trinajstić information content (AvgIpc) is 3.09. The number of fused-ring (bicyclic) bond motifs is 1. The van der Waals surface area contributed by atoms with Gasteiger partial charge in [0.2, 0.25) is 10.0 Å². The molecule has 2 heterocycles. The highest BCUT2D eigenvalue weighted by Crippen LogP contribution is 2.16. The second-order valence-corrected chi connectivity index (χ2v) is 8.45. The second kappa shape index (κ2) is 6.55. The highest BCUT2D eigenvalue weighted by atomic mass is 32.2. The normalized spacial score (nSPS) is 13.6. The SMILES string of the molecule is CN(C)S(=O)(=O)c1ccc(Cn2c(=O)c(C#N)c3n(c2=O)CCC3)cc1. The highest BCUT2D eigenvalue weighted by molar-refractivity contribution is 7.89. The van der Waals surface area contributed by atoms with Crippen molar-refractivity contribution in [1.29, 1.82) is 5.26 Å². The van der Waals surface area contributed by atoms with Crippen molar-refractivity contribution in [2.75, 3.05) is 14.1 Å². The van der Waals surface area contributed by atoms with Crippen LogP contribution in [0.5, 0.6) is 0 Å². The van der Waals surface area contributed by atoms with Gasteiger partial charge in [0, 0.05) is 26.3 Å². The van der Waals surface area contributed by atoms with Crippen molar-refractivity contribution in [2.45, 2.75) is 30.8 Å². The molecule has 1 aromatic heterocycles. The van der Waals surface area contributed by atoms with Crippen LogP contribution in [-0.2, 0) is 29.5 Å². The Kier molecular flexibility index (Phi) is 4.56. The molecule has 0 radical (unpaired) electrons. The molecule has 8 nitrogen and oxygen atoms in total. The van der Waals surface area contributed by atoms with E-state index in [0.717, 1.165) is 15.3 Å². The van der Waals surface area contributed by atoms with Gasteiger partial charge in [-0.25, -0.2) is 17.5 Å². The summed E-state index contributed by atoms with van der Waals surface area (Å²) in [7, 11) is -0.661. The number of rotatable bonds is 4. The quantitative estimate of drug-likeness (QED) is 0.756. The molecular formula is C17H18N4O4S. The lowest BCUT2D eigenvalue weighted by Gasteiger charge is -2.13. The van der Waals surface area contributed by atoms with E-state index in [2.05, 4.69) is 0 Å². The molecule has 0 bridgehead atoms. The maximum absolute atomic E-state index is 12.6. The van der Waals surface area contributed by atoms with Gasteiger partial charge in [0.25, 0.3) is 5.56 Å². The monoisotopic (exact) mass is 374 g/mol. The second-order valence-electron chi connectivity index (χ2n) is 6.29. The predicted molar refractivity (Wildman–Crippen MR) is 94.4 cm³/mol. The van der Waals surface area contributed by atoms with Crippen LogP contribution in [0.25, 0.3) is 0 Å². The molecule has 0 saturated carbocycles. The Balaban J connectivity index is 2.02. The Hall–Kier alpha value is -2.70. The third kappa shape index (κ3) is 2.87. The Morgan fingerprint density at radius 2 is 1.85 bits per heavy atom. The molecule has 0 aliphatic carbocycles. The Morgan fingerprint density at radius 1 is 1.19 bits per heavy atom. The van der Waals surface area contributed by atoms with Gasteiger partial charge in [-0.15, -0.1) is 0 Å². The molecule has 1 aliphatic heterocycles. The molecular weight excluding hydrogens is 356 g/mol. The molecule has 1 aliphatic rings. The van der Waals surface area contributed by atoms with E-state index in [1.807, 2.05) is 6.07 Å². The summed E-state index contributed by atoms with van der Waals surface area (Å²) in [4.78, 5) is 25.2. The minimum Gasteiger partial charge on any atom is -0.296 e. The number of nitrogens with zero attached hydrogens (tertiary/aromatic N) is 4. The van der Waals surface area contributed by atoms with Crippen molar-refractivity contribution in [3.63, 3.8) is 0 Å². The lowest BCUT2D eigenvalue weighted by molar-refractivity contribution is 0.520. The molecule has 1 aromatic carbocycles. The molecule has 26 heavy (non-hydrogen) atoms. The number of hydrogen-bond acceptors (Lipinski definition) is 5. The van der Waals surface area contributed by atoms with Crippen LogP contribution in [0.1, 0.15) is 23.2 Å². The molecule has 0 spiro atoms. The Bertz CT molecular complexity index is 1120. The zero-order valence-corrected chi connectivity index (χ0v) is 15.3. The van der Waals surface area contributed by atoms with Crippen LogP contribution in [0.4, 0.5) is 0 Å². The van der Waals surface area contributed by atoms with Crippen LogP contribution < -0.4 is 11.2 Å². The van der Waals surface area contributed by atoms with Crippen LogP contribution in [-0.4, -0.2) is 36.0 Å². The summed E-state index contributed by atoms with van der Waals surface area (Å²) in [5.41, 5.74) is 0.0755. The van der Waals surface area contributed by atoms with Crippen molar-refractivity contribution in [2.24, 2.45) is 0 Å². The first-order valence-corrected chi connectivity index (χ1v) is 9.49. The fourth-order valence-corrected chi connectivity index (χ4v) is 3.95. The van der Waals surface area contributed by atoms with E-state index in [1.54, 1.807) is 12.1 Å². The van der Waals surface area contributed by atoms with E-state index < -0.39 is 21.3 Å². The summed E-state index contributed by atoms with van der Waals surface area (Å²) in [6.45, 7) is 0.470. The zero-order valence-electron chi connectivity index (χ0n) is 14.5. The largest absolute Gasteiger partial charge is 0.331 e. The van der Waals surface area contributed by atoms with E-state index >= 15 is 0 Å². The van der Waals surface area contributed by atoms with Gasteiger partial charge in [-0.3, -0.25) is 13.9 Å². The van der Waals surface area contributed by atoms with Gasteiger partial charge in [0.05, 0.1) is 11.4 Å². The average molecular weight is 374 g/mol. The zero-order chi connectivity index (χ0) is 19.1. The van der Waals surface area contributed by atoms with Crippen molar-refractivity contribution >= 4 is 10.0 Å².